The Morgan fingerprint density at radius 3 is 2.63 bits per heavy atom. The molecule has 0 spiro atoms. The number of carbonyl (C=O) groups is 1. The van der Waals surface area contributed by atoms with Gasteiger partial charge in [0.2, 0.25) is 0 Å². The number of hydrogen-bond acceptors (Lipinski definition) is 1. The molecule has 1 aliphatic carbocycles. The predicted molar refractivity (Wildman–Crippen MR) is 80.6 cm³/mol. The molecule has 0 amide bonds. The fraction of sp³-hybridized carbons (Fsp3) is 0.611. The Morgan fingerprint density at radius 2 is 1.79 bits per heavy atom. The molecule has 0 fully saturated rings. The second-order valence-electron chi connectivity index (χ2n) is 5.81. The van der Waals surface area contributed by atoms with Crippen molar-refractivity contribution in [1.29, 1.82) is 0 Å². The summed E-state index contributed by atoms with van der Waals surface area (Å²) < 4.78 is 0. The number of rotatable bonds is 7. The van der Waals surface area contributed by atoms with Crippen LogP contribution in [-0.4, -0.2) is 5.78 Å². The maximum atomic E-state index is 12.4. The first kappa shape index (κ1) is 14.3. The molecule has 1 unspecified atom stereocenters. The third-order valence-corrected chi connectivity index (χ3v) is 4.32. The first-order chi connectivity index (χ1) is 9.33. The first-order valence-electron chi connectivity index (χ1n) is 7.95. The molecule has 0 aliphatic heterocycles. The summed E-state index contributed by atoms with van der Waals surface area (Å²) in [4.78, 5) is 12.4. The van der Waals surface area contributed by atoms with E-state index in [9.17, 15) is 4.79 Å². The lowest BCUT2D eigenvalue weighted by molar-refractivity contribution is 0.0892. The zero-order valence-corrected chi connectivity index (χ0v) is 12.2. The third-order valence-electron chi connectivity index (χ3n) is 4.32. The van der Waals surface area contributed by atoms with Crippen LogP contribution in [0.2, 0.25) is 0 Å². The normalized spacial score (nSPS) is 18.4. The minimum absolute atomic E-state index is 0.293. The highest BCUT2D eigenvalue weighted by Gasteiger charge is 2.26. The number of unbranched alkanes of at least 4 members (excludes halogenated alkanes) is 5. The van der Waals surface area contributed by atoms with Crippen molar-refractivity contribution in [3.05, 3.63) is 35.4 Å². The van der Waals surface area contributed by atoms with Crippen LogP contribution in [0.25, 0.3) is 0 Å². The number of ketones is 1. The van der Waals surface area contributed by atoms with Gasteiger partial charge in [-0.2, -0.15) is 0 Å². The summed E-state index contributed by atoms with van der Waals surface area (Å²) in [6.45, 7) is 2.25. The van der Waals surface area contributed by atoms with E-state index in [2.05, 4.69) is 13.0 Å². The summed E-state index contributed by atoms with van der Waals surface area (Å²) in [6, 6.07) is 8.14. The third kappa shape index (κ3) is 3.92. The van der Waals surface area contributed by atoms with Gasteiger partial charge >= 0.3 is 0 Å². The molecule has 0 saturated carbocycles. The number of hydrogen-bond donors (Lipinski definition) is 0. The van der Waals surface area contributed by atoms with Crippen molar-refractivity contribution in [2.24, 2.45) is 5.92 Å². The average molecular weight is 258 g/mol. The number of carbonyl (C=O) groups excluding carboxylic acids is 1. The molecule has 0 saturated heterocycles. The second kappa shape index (κ2) is 7.47. The molecule has 19 heavy (non-hydrogen) atoms. The molecule has 1 aromatic rings. The maximum absolute atomic E-state index is 12.4. The lowest BCUT2D eigenvalue weighted by Crippen LogP contribution is -2.22. The van der Waals surface area contributed by atoms with Crippen LogP contribution in [0.15, 0.2) is 24.3 Å². The van der Waals surface area contributed by atoms with Crippen molar-refractivity contribution in [2.45, 2.75) is 64.7 Å². The minimum Gasteiger partial charge on any atom is -0.294 e. The summed E-state index contributed by atoms with van der Waals surface area (Å²) in [5, 5.41) is 0. The van der Waals surface area contributed by atoms with Crippen molar-refractivity contribution in [2.75, 3.05) is 0 Å². The van der Waals surface area contributed by atoms with Crippen LogP contribution in [0, 0.1) is 5.92 Å². The molecule has 1 atom stereocenters. The van der Waals surface area contributed by atoms with Gasteiger partial charge < -0.3 is 0 Å². The highest BCUT2D eigenvalue weighted by Crippen LogP contribution is 2.28. The minimum atomic E-state index is 0.293. The Hall–Kier alpha value is -1.11. The summed E-state index contributed by atoms with van der Waals surface area (Å²) >= 11 is 0. The van der Waals surface area contributed by atoms with Gasteiger partial charge in [-0.1, -0.05) is 69.7 Å². The molecule has 1 heteroatoms. The molecule has 104 valence electrons. The fourth-order valence-corrected chi connectivity index (χ4v) is 3.11. The van der Waals surface area contributed by atoms with E-state index in [4.69, 9.17) is 0 Å². The lowest BCUT2D eigenvalue weighted by atomic mass is 9.80. The molecule has 0 radical (unpaired) electrons. The largest absolute Gasteiger partial charge is 0.294 e. The van der Waals surface area contributed by atoms with E-state index in [1.54, 1.807) is 0 Å². The van der Waals surface area contributed by atoms with E-state index in [1.807, 2.05) is 18.2 Å². The van der Waals surface area contributed by atoms with Gasteiger partial charge in [-0.3, -0.25) is 4.79 Å². The molecule has 1 aromatic carbocycles. The molecular weight excluding hydrogens is 232 g/mol. The molecule has 0 bridgehead atoms. The van der Waals surface area contributed by atoms with E-state index in [0.717, 1.165) is 24.8 Å². The van der Waals surface area contributed by atoms with Crippen molar-refractivity contribution >= 4 is 5.78 Å². The van der Waals surface area contributed by atoms with Crippen LogP contribution in [0.4, 0.5) is 0 Å². The second-order valence-corrected chi connectivity index (χ2v) is 5.81. The monoisotopic (exact) mass is 258 g/mol. The van der Waals surface area contributed by atoms with Crippen molar-refractivity contribution in [1.82, 2.24) is 0 Å². The van der Waals surface area contributed by atoms with E-state index in [1.165, 1.54) is 44.1 Å². The quantitative estimate of drug-likeness (QED) is 0.616. The molecule has 0 aromatic heterocycles. The van der Waals surface area contributed by atoms with Crippen molar-refractivity contribution in [3.8, 4) is 0 Å². The summed E-state index contributed by atoms with van der Waals surface area (Å²) in [5.74, 6) is 0.691. The zero-order valence-electron chi connectivity index (χ0n) is 12.2. The lowest BCUT2D eigenvalue weighted by Gasteiger charge is -2.23. The van der Waals surface area contributed by atoms with E-state index in [0.29, 0.717) is 11.7 Å². The SMILES string of the molecule is CCCCCCCCC1CCc2ccccc2C1=O. The van der Waals surface area contributed by atoms with Crippen LogP contribution in [-0.2, 0) is 6.42 Å². The highest BCUT2D eigenvalue weighted by molar-refractivity contribution is 6.00. The van der Waals surface area contributed by atoms with Crippen LogP contribution >= 0.6 is 0 Å². The van der Waals surface area contributed by atoms with Gasteiger partial charge in [0, 0.05) is 11.5 Å². The molecule has 2 rings (SSSR count). The van der Waals surface area contributed by atoms with Crippen LogP contribution < -0.4 is 0 Å². The Kier molecular flexibility index (Phi) is 5.62. The Balaban J connectivity index is 1.76. The van der Waals surface area contributed by atoms with Gasteiger partial charge in [0.1, 0.15) is 0 Å². The van der Waals surface area contributed by atoms with Gasteiger partial charge in [0.15, 0.2) is 5.78 Å². The smallest absolute Gasteiger partial charge is 0.166 e. The van der Waals surface area contributed by atoms with Gasteiger partial charge in [0.05, 0.1) is 0 Å². The van der Waals surface area contributed by atoms with Gasteiger partial charge in [-0.05, 0) is 24.8 Å². The summed E-state index contributed by atoms with van der Waals surface area (Å²) in [5.41, 5.74) is 2.25. The molecule has 1 nitrogen and oxygen atoms in total. The van der Waals surface area contributed by atoms with Crippen LogP contribution in [0.5, 0.6) is 0 Å². The predicted octanol–water partition coefficient (Wildman–Crippen LogP) is 5.18. The zero-order chi connectivity index (χ0) is 13.5. The van der Waals surface area contributed by atoms with E-state index < -0.39 is 0 Å². The summed E-state index contributed by atoms with van der Waals surface area (Å²) in [6.07, 6.45) is 11.1. The van der Waals surface area contributed by atoms with Crippen molar-refractivity contribution in [3.63, 3.8) is 0 Å². The van der Waals surface area contributed by atoms with Gasteiger partial charge in [0.25, 0.3) is 0 Å². The average Bonchev–Trinajstić information content (AvgIpc) is 2.45. The maximum Gasteiger partial charge on any atom is 0.166 e. The van der Waals surface area contributed by atoms with Crippen molar-refractivity contribution < 1.29 is 4.79 Å². The Labute approximate surface area is 117 Å². The molecule has 1 aliphatic rings. The van der Waals surface area contributed by atoms with E-state index in [-0.39, 0.29) is 0 Å². The summed E-state index contributed by atoms with van der Waals surface area (Å²) in [7, 11) is 0. The topological polar surface area (TPSA) is 17.1 Å². The molecule has 0 N–H and O–H groups in total. The standard InChI is InChI=1S/C18H26O/c1-2-3-4-5-6-7-11-16-14-13-15-10-8-9-12-17(15)18(16)19/h8-10,12,16H,2-7,11,13-14H2,1H3. The van der Waals surface area contributed by atoms with Gasteiger partial charge in [-0.25, -0.2) is 0 Å². The number of aryl methyl sites for hydroxylation is 1. The Bertz CT molecular complexity index is 408. The number of fused-ring (bicyclic) bond motifs is 1. The fourth-order valence-electron chi connectivity index (χ4n) is 3.11. The first-order valence-corrected chi connectivity index (χ1v) is 7.95. The van der Waals surface area contributed by atoms with E-state index >= 15 is 0 Å². The number of benzene rings is 1. The molecule has 0 heterocycles. The Morgan fingerprint density at radius 1 is 1.05 bits per heavy atom. The van der Waals surface area contributed by atoms with Gasteiger partial charge in [-0.15, -0.1) is 0 Å². The highest BCUT2D eigenvalue weighted by atomic mass is 16.1. The molecular formula is C18H26O. The van der Waals surface area contributed by atoms with Crippen LogP contribution in [0.3, 0.4) is 0 Å². The van der Waals surface area contributed by atoms with Crippen LogP contribution in [0.1, 0.15) is 74.2 Å². The number of Topliss-reactive ketones (excluding diaryl/α,β-unsaturated/α-hetero) is 1.